The van der Waals surface area contributed by atoms with E-state index in [4.69, 9.17) is 5.26 Å². The summed E-state index contributed by atoms with van der Waals surface area (Å²) in [4.78, 5) is 4.54. The van der Waals surface area contributed by atoms with Gasteiger partial charge in [0.25, 0.3) is 0 Å². The zero-order chi connectivity index (χ0) is 11.5. The topological polar surface area (TPSA) is 36.7 Å². The Labute approximate surface area is 109 Å². The third-order valence-electron chi connectivity index (χ3n) is 2.66. The number of hydrogen-bond acceptors (Lipinski definition) is 5. The largest absolute Gasteiger partial charge is 0.244 e. The normalized spacial score (nSPS) is 29.9. The first-order valence-electron chi connectivity index (χ1n) is 5.29. The molecule has 1 aliphatic rings. The zero-order valence-corrected chi connectivity index (χ0v) is 11.8. The Morgan fingerprint density at radius 1 is 1.50 bits per heavy atom. The molecule has 1 aliphatic heterocycles. The van der Waals surface area contributed by atoms with Crippen molar-refractivity contribution in [3.05, 3.63) is 16.1 Å². The Balaban J connectivity index is 2.04. The second-order valence-electron chi connectivity index (χ2n) is 3.88. The van der Waals surface area contributed by atoms with Crippen LogP contribution in [0.5, 0.6) is 0 Å². The monoisotopic (exact) mass is 270 g/mol. The Kier molecular flexibility index (Phi) is 4.17. The second kappa shape index (κ2) is 5.44. The number of nitrogens with zero attached hydrogens (tertiary/aromatic N) is 2. The van der Waals surface area contributed by atoms with Gasteiger partial charge in [-0.2, -0.15) is 17.0 Å². The first kappa shape index (κ1) is 12.3. The molecule has 0 spiro atoms. The fraction of sp³-hybridized carbons (Fsp3) is 0.636. The van der Waals surface area contributed by atoms with E-state index in [-0.39, 0.29) is 0 Å². The molecule has 2 rings (SSSR count). The molecule has 16 heavy (non-hydrogen) atoms. The minimum Gasteiger partial charge on any atom is -0.244 e. The van der Waals surface area contributed by atoms with E-state index in [0.29, 0.717) is 16.9 Å². The lowest BCUT2D eigenvalue weighted by molar-refractivity contribution is 0.888. The molecule has 0 bridgehead atoms. The van der Waals surface area contributed by atoms with Gasteiger partial charge >= 0.3 is 0 Å². The maximum atomic E-state index is 8.62. The van der Waals surface area contributed by atoms with E-state index in [2.05, 4.69) is 24.9 Å². The molecule has 1 aromatic heterocycles. The molecule has 2 nitrogen and oxygen atoms in total. The first-order chi connectivity index (χ1) is 7.70. The van der Waals surface area contributed by atoms with E-state index in [0.717, 1.165) is 16.7 Å². The maximum Gasteiger partial charge on any atom is 0.107 e. The van der Waals surface area contributed by atoms with Crippen LogP contribution < -0.4 is 0 Å². The Bertz CT molecular complexity index is 396. The van der Waals surface area contributed by atoms with Crippen LogP contribution in [0.3, 0.4) is 0 Å². The number of aromatic nitrogens is 1. The minimum atomic E-state index is 0.437. The number of thiazole rings is 1. The van der Waals surface area contributed by atoms with Crippen LogP contribution in [0, 0.1) is 11.3 Å². The number of hydrogen-bond donors (Lipinski definition) is 0. The van der Waals surface area contributed by atoms with Crippen molar-refractivity contribution in [2.45, 2.75) is 36.0 Å². The predicted octanol–water partition coefficient (Wildman–Crippen LogP) is 3.51. The summed E-state index contributed by atoms with van der Waals surface area (Å²) in [7, 11) is 0. The van der Waals surface area contributed by atoms with Gasteiger partial charge in [0.2, 0.25) is 0 Å². The average Bonchev–Trinajstić information content (AvgIpc) is 2.71. The molecule has 0 N–H and O–H groups in total. The summed E-state index contributed by atoms with van der Waals surface area (Å²) in [6.45, 7) is 4.58. The summed E-state index contributed by atoms with van der Waals surface area (Å²) in [6, 6.07) is 2.15. The lowest BCUT2D eigenvalue weighted by Crippen LogP contribution is -2.21. The molecule has 3 atom stereocenters. The van der Waals surface area contributed by atoms with Crippen molar-refractivity contribution in [1.82, 2.24) is 4.98 Å². The molecule has 0 aliphatic carbocycles. The molecular formula is C11H14N2S3. The van der Waals surface area contributed by atoms with E-state index in [9.17, 15) is 0 Å². The fourth-order valence-corrected chi connectivity index (χ4v) is 5.58. The second-order valence-corrected chi connectivity index (χ2v) is 7.76. The summed E-state index contributed by atoms with van der Waals surface area (Å²) < 4.78 is 0. The Hall–Kier alpha value is -0.180. The maximum absolute atomic E-state index is 8.62. The summed E-state index contributed by atoms with van der Waals surface area (Å²) in [5.41, 5.74) is 0.930. The highest BCUT2D eigenvalue weighted by Crippen LogP contribution is 2.44. The standard InChI is InChI=1S/C11H14N2S3/c1-7-8(2)16-10(6-14-7)11-13-9(3-4-12)5-15-11/h5,7-8,10H,3,6H2,1-2H3. The average molecular weight is 270 g/mol. The first-order valence-corrected chi connectivity index (χ1v) is 8.16. The van der Waals surface area contributed by atoms with E-state index in [1.807, 2.05) is 28.9 Å². The van der Waals surface area contributed by atoms with Crippen LogP contribution >= 0.6 is 34.9 Å². The SMILES string of the molecule is CC1SCC(c2nc(CC#N)cs2)SC1C. The quantitative estimate of drug-likeness (QED) is 0.824. The molecule has 1 aromatic rings. The van der Waals surface area contributed by atoms with Crippen LogP contribution in [-0.4, -0.2) is 21.2 Å². The van der Waals surface area contributed by atoms with Crippen molar-refractivity contribution in [3.8, 4) is 6.07 Å². The number of nitriles is 1. The summed E-state index contributed by atoms with van der Waals surface area (Å²) in [6.07, 6.45) is 0.437. The van der Waals surface area contributed by atoms with Crippen molar-refractivity contribution in [1.29, 1.82) is 5.26 Å². The van der Waals surface area contributed by atoms with Gasteiger partial charge in [-0.05, 0) is 0 Å². The van der Waals surface area contributed by atoms with Gasteiger partial charge in [0, 0.05) is 21.6 Å². The Morgan fingerprint density at radius 3 is 3.00 bits per heavy atom. The van der Waals surface area contributed by atoms with Crippen LogP contribution in [-0.2, 0) is 6.42 Å². The van der Waals surface area contributed by atoms with Gasteiger partial charge < -0.3 is 0 Å². The molecule has 2 heterocycles. The van der Waals surface area contributed by atoms with Gasteiger partial charge in [-0.1, -0.05) is 13.8 Å². The Morgan fingerprint density at radius 2 is 2.31 bits per heavy atom. The molecule has 1 fully saturated rings. The third-order valence-corrected chi connectivity index (χ3v) is 7.21. The van der Waals surface area contributed by atoms with Crippen molar-refractivity contribution in [2.75, 3.05) is 5.75 Å². The van der Waals surface area contributed by atoms with Crippen molar-refractivity contribution >= 4 is 34.9 Å². The summed E-state index contributed by atoms with van der Waals surface area (Å²) in [5.74, 6) is 1.15. The highest BCUT2D eigenvalue weighted by molar-refractivity contribution is 8.07. The van der Waals surface area contributed by atoms with Crippen molar-refractivity contribution in [3.63, 3.8) is 0 Å². The molecule has 0 amide bonds. The van der Waals surface area contributed by atoms with E-state index in [1.54, 1.807) is 11.3 Å². The van der Waals surface area contributed by atoms with Crippen LogP contribution in [0.2, 0.25) is 0 Å². The zero-order valence-electron chi connectivity index (χ0n) is 9.34. The minimum absolute atomic E-state index is 0.437. The highest BCUT2D eigenvalue weighted by Gasteiger charge is 2.28. The van der Waals surface area contributed by atoms with Crippen LogP contribution in [0.25, 0.3) is 0 Å². The van der Waals surface area contributed by atoms with Crippen LogP contribution in [0.15, 0.2) is 5.38 Å². The molecule has 86 valence electrons. The van der Waals surface area contributed by atoms with Gasteiger partial charge in [-0.3, -0.25) is 0 Å². The fourth-order valence-electron chi connectivity index (χ4n) is 1.55. The molecule has 0 saturated carbocycles. The van der Waals surface area contributed by atoms with E-state index >= 15 is 0 Å². The van der Waals surface area contributed by atoms with Gasteiger partial charge in [0.15, 0.2) is 0 Å². The third kappa shape index (κ3) is 2.73. The lowest BCUT2D eigenvalue weighted by Gasteiger charge is -2.30. The van der Waals surface area contributed by atoms with Crippen LogP contribution in [0.4, 0.5) is 0 Å². The van der Waals surface area contributed by atoms with Crippen LogP contribution in [0.1, 0.15) is 29.8 Å². The summed E-state index contributed by atoms with van der Waals surface area (Å²) in [5, 5.41) is 13.8. The van der Waals surface area contributed by atoms with Gasteiger partial charge in [-0.15, -0.1) is 23.1 Å². The summed E-state index contributed by atoms with van der Waals surface area (Å²) >= 11 is 5.76. The van der Waals surface area contributed by atoms with Crippen molar-refractivity contribution < 1.29 is 0 Å². The van der Waals surface area contributed by atoms with Gasteiger partial charge in [0.05, 0.1) is 23.4 Å². The number of rotatable bonds is 2. The molecule has 0 aromatic carbocycles. The van der Waals surface area contributed by atoms with E-state index < -0.39 is 0 Å². The van der Waals surface area contributed by atoms with Gasteiger partial charge in [0.1, 0.15) is 5.01 Å². The molecule has 0 radical (unpaired) electrons. The number of thioether (sulfide) groups is 2. The highest BCUT2D eigenvalue weighted by atomic mass is 32.2. The molecule has 3 unspecified atom stereocenters. The van der Waals surface area contributed by atoms with E-state index in [1.165, 1.54) is 5.01 Å². The van der Waals surface area contributed by atoms with Crippen molar-refractivity contribution in [2.24, 2.45) is 0 Å². The van der Waals surface area contributed by atoms with Gasteiger partial charge in [-0.25, -0.2) is 4.98 Å². The molecular weight excluding hydrogens is 256 g/mol. The smallest absolute Gasteiger partial charge is 0.107 e. The predicted molar refractivity (Wildman–Crippen MR) is 73.1 cm³/mol. The molecule has 5 heteroatoms. The lowest BCUT2D eigenvalue weighted by atomic mass is 10.3. The molecule has 1 saturated heterocycles.